The molecule has 34 heavy (non-hydrogen) atoms. The maximum Gasteiger partial charge on any atom is 0.260 e. The van der Waals surface area contributed by atoms with Crippen molar-refractivity contribution in [2.24, 2.45) is 0 Å². The number of thiophene rings is 1. The second-order valence-corrected chi connectivity index (χ2v) is 10.3. The van der Waals surface area contributed by atoms with E-state index in [2.05, 4.69) is 27.9 Å². The lowest BCUT2D eigenvalue weighted by Crippen LogP contribution is -2.11. The van der Waals surface area contributed by atoms with Crippen LogP contribution >= 0.6 is 22.9 Å². The molecule has 0 fully saturated rings. The van der Waals surface area contributed by atoms with Gasteiger partial charge in [-0.2, -0.15) is 0 Å². The van der Waals surface area contributed by atoms with Crippen molar-refractivity contribution in [3.63, 3.8) is 0 Å². The van der Waals surface area contributed by atoms with Gasteiger partial charge >= 0.3 is 0 Å². The highest BCUT2D eigenvalue weighted by molar-refractivity contribution is 7.18. The highest BCUT2D eigenvalue weighted by Gasteiger charge is 2.21. The van der Waals surface area contributed by atoms with Crippen molar-refractivity contribution in [2.45, 2.75) is 39.2 Å². The molecule has 3 heterocycles. The summed E-state index contributed by atoms with van der Waals surface area (Å²) in [7, 11) is 0. The van der Waals surface area contributed by atoms with Gasteiger partial charge in [0.15, 0.2) is 0 Å². The summed E-state index contributed by atoms with van der Waals surface area (Å²) in [6.45, 7) is 3.15. The van der Waals surface area contributed by atoms with E-state index in [1.807, 2.05) is 37.3 Å². The molecule has 0 saturated heterocycles. The van der Waals surface area contributed by atoms with E-state index in [1.54, 1.807) is 11.3 Å². The molecule has 0 unspecified atom stereocenters. The summed E-state index contributed by atoms with van der Waals surface area (Å²) in [5, 5.41) is 2.59. The van der Waals surface area contributed by atoms with E-state index >= 15 is 0 Å². The molecule has 0 aliphatic heterocycles. The van der Waals surface area contributed by atoms with Crippen LogP contribution in [0, 0.1) is 6.92 Å². The zero-order valence-electron chi connectivity index (χ0n) is 18.9. The van der Waals surface area contributed by atoms with Crippen LogP contribution in [-0.2, 0) is 19.4 Å². The number of aromatic nitrogens is 3. The van der Waals surface area contributed by atoms with Gasteiger partial charge in [0.25, 0.3) is 5.56 Å². The Hall–Kier alpha value is -3.09. The number of nitrogens with zero attached hydrogens (tertiary/aromatic N) is 2. The summed E-state index contributed by atoms with van der Waals surface area (Å²) in [6, 6.07) is 13.9. The third-order valence-corrected chi connectivity index (χ3v) is 8.21. The third kappa shape index (κ3) is 3.71. The number of benzene rings is 2. The second kappa shape index (κ2) is 8.60. The largest absolute Gasteiger partial charge is 0.492 e. The molecule has 5 nitrogen and oxygen atoms in total. The Morgan fingerprint density at radius 2 is 2.03 bits per heavy atom. The molecular formula is C27H24ClN3O2S. The normalized spacial score (nSPS) is 13.5. The van der Waals surface area contributed by atoms with Gasteiger partial charge in [0.1, 0.15) is 23.0 Å². The van der Waals surface area contributed by atoms with Gasteiger partial charge in [-0.15, -0.1) is 11.3 Å². The van der Waals surface area contributed by atoms with Crippen molar-refractivity contribution in [3.8, 4) is 17.1 Å². The molecule has 5 aromatic rings. The summed E-state index contributed by atoms with van der Waals surface area (Å²) in [5.74, 6) is 1.43. The van der Waals surface area contributed by atoms with Crippen molar-refractivity contribution in [2.75, 3.05) is 6.61 Å². The van der Waals surface area contributed by atoms with Crippen LogP contribution in [0.15, 0.2) is 53.5 Å². The van der Waals surface area contributed by atoms with E-state index in [0.29, 0.717) is 19.0 Å². The van der Waals surface area contributed by atoms with Crippen LogP contribution in [0.1, 0.15) is 28.8 Å². The van der Waals surface area contributed by atoms with Gasteiger partial charge in [-0.25, -0.2) is 4.98 Å². The van der Waals surface area contributed by atoms with Crippen LogP contribution in [0.3, 0.4) is 0 Å². The Labute approximate surface area is 206 Å². The molecule has 1 N–H and O–H groups in total. The fourth-order valence-corrected chi connectivity index (χ4v) is 6.26. The van der Waals surface area contributed by atoms with Crippen molar-refractivity contribution in [1.29, 1.82) is 0 Å². The predicted octanol–water partition coefficient (Wildman–Crippen LogP) is 6.53. The Morgan fingerprint density at radius 3 is 2.91 bits per heavy atom. The number of aromatic amines is 1. The molecule has 7 heteroatoms. The fourth-order valence-electron chi connectivity index (χ4n) is 4.88. The maximum absolute atomic E-state index is 13.1. The molecule has 2 aromatic carbocycles. The van der Waals surface area contributed by atoms with Crippen LogP contribution in [0.4, 0.5) is 0 Å². The standard InChI is InChI=1S/C27H24ClN3O2S/c1-16-14-17(10-11-21(16)28)33-13-12-31-15-20(18-6-2-4-8-22(18)31)25-29-26(32)24-19-7-3-5-9-23(19)34-27(24)30-25/h2,4,6,8,10-11,14-15H,3,5,7,9,12-13H2,1H3,(H,29,30,32). The first-order chi connectivity index (χ1) is 16.6. The average Bonchev–Trinajstić information content (AvgIpc) is 3.40. The molecule has 172 valence electrons. The van der Waals surface area contributed by atoms with Crippen LogP contribution in [-0.4, -0.2) is 21.1 Å². The Morgan fingerprint density at radius 1 is 1.18 bits per heavy atom. The lowest BCUT2D eigenvalue weighted by atomic mass is 9.97. The topological polar surface area (TPSA) is 59.9 Å². The SMILES string of the molecule is Cc1cc(OCCn2cc(-c3nc4sc5c(c4c(=O)[nH]3)CCCC5)c3ccccc32)ccc1Cl. The van der Waals surface area contributed by atoms with Crippen LogP contribution in [0.5, 0.6) is 5.75 Å². The van der Waals surface area contributed by atoms with Crippen LogP contribution in [0.2, 0.25) is 5.02 Å². The first-order valence-electron chi connectivity index (χ1n) is 11.6. The summed E-state index contributed by atoms with van der Waals surface area (Å²) in [4.78, 5) is 23.3. The lowest BCUT2D eigenvalue weighted by molar-refractivity contribution is 0.300. The van der Waals surface area contributed by atoms with Gasteiger partial charge in [0.05, 0.1) is 11.9 Å². The smallest absolute Gasteiger partial charge is 0.260 e. The quantitative estimate of drug-likeness (QED) is 0.305. The zero-order chi connectivity index (χ0) is 23.2. The van der Waals surface area contributed by atoms with Crippen molar-refractivity contribution in [3.05, 3.63) is 80.0 Å². The highest BCUT2D eigenvalue weighted by atomic mass is 35.5. The monoisotopic (exact) mass is 489 g/mol. The number of para-hydroxylation sites is 1. The van der Waals surface area contributed by atoms with E-state index in [0.717, 1.165) is 62.3 Å². The van der Waals surface area contributed by atoms with Gasteiger partial charge in [-0.05, 0) is 68.0 Å². The summed E-state index contributed by atoms with van der Waals surface area (Å²) in [5.41, 5.74) is 4.19. The van der Waals surface area contributed by atoms with Gasteiger partial charge in [-0.3, -0.25) is 4.79 Å². The van der Waals surface area contributed by atoms with E-state index in [4.69, 9.17) is 21.3 Å². The molecule has 1 aliphatic carbocycles. The van der Waals surface area contributed by atoms with Crippen molar-refractivity contribution in [1.82, 2.24) is 14.5 Å². The first kappa shape index (κ1) is 21.4. The molecule has 0 bridgehead atoms. The molecule has 1 aliphatic rings. The van der Waals surface area contributed by atoms with E-state index in [-0.39, 0.29) is 5.56 Å². The Kier molecular flexibility index (Phi) is 5.42. The van der Waals surface area contributed by atoms with Gasteiger partial charge in [0, 0.05) is 32.6 Å². The van der Waals surface area contributed by atoms with Gasteiger partial charge < -0.3 is 14.3 Å². The minimum absolute atomic E-state index is 0.0299. The van der Waals surface area contributed by atoms with Crippen molar-refractivity contribution < 1.29 is 4.74 Å². The molecule has 0 radical (unpaired) electrons. The van der Waals surface area contributed by atoms with E-state index in [9.17, 15) is 4.79 Å². The maximum atomic E-state index is 13.1. The first-order valence-corrected chi connectivity index (χ1v) is 12.8. The van der Waals surface area contributed by atoms with E-state index in [1.165, 1.54) is 16.9 Å². The molecule has 0 saturated carbocycles. The fraction of sp³-hybridized carbons (Fsp3) is 0.259. The minimum Gasteiger partial charge on any atom is -0.492 e. The number of nitrogens with one attached hydrogen (secondary N) is 1. The molecule has 0 amide bonds. The molecule has 0 spiro atoms. The second-order valence-electron chi connectivity index (χ2n) is 8.82. The molecule has 3 aromatic heterocycles. The molecule has 6 rings (SSSR count). The summed E-state index contributed by atoms with van der Waals surface area (Å²) < 4.78 is 8.15. The zero-order valence-corrected chi connectivity index (χ0v) is 20.4. The number of halogens is 1. The summed E-state index contributed by atoms with van der Waals surface area (Å²) in [6.07, 6.45) is 6.43. The minimum atomic E-state index is -0.0299. The molecular weight excluding hydrogens is 466 g/mol. The summed E-state index contributed by atoms with van der Waals surface area (Å²) >= 11 is 7.81. The molecule has 0 atom stereocenters. The van der Waals surface area contributed by atoms with Gasteiger partial charge in [0.2, 0.25) is 0 Å². The predicted molar refractivity (Wildman–Crippen MR) is 139 cm³/mol. The number of aryl methyl sites for hydroxylation is 3. The van der Waals surface area contributed by atoms with Crippen LogP contribution in [0.25, 0.3) is 32.5 Å². The van der Waals surface area contributed by atoms with Gasteiger partial charge in [-0.1, -0.05) is 29.8 Å². The highest BCUT2D eigenvalue weighted by Crippen LogP contribution is 2.35. The van der Waals surface area contributed by atoms with Crippen LogP contribution < -0.4 is 10.3 Å². The lowest BCUT2D eigenvalue weighted by Gasteiger charge is -2.09. The number of H-pyrrole nitrogens is 1. The average molecular weight is 490 g/mol. The number of hydrogen-bond acceptors (Lipinski definition) is 4. The number of fused-ring (bicyclic) bond motifs is 4. The van der Waals surface area contributed by atoms with Crippen molar-refractivity contribution >= 4 is 44.1 Å². The number of hydrogen-bond donors (Lipinski definition) is 1. The Balaban J connectivity index is 1.35. The van der Waals surface area contributed by atoms with E-state index < -0.39 is 0 Å². The third-order valence-electron chi connectivity index (χ3n) is 6.60. The Bertz CT molecular complexity index is 1600. The number of ether oxygens (including phenoxy) is 1. The number of rotatable bonds is 5.